The molecule has 1 fully saturated rings. The van der Waals surface area contributed by atoms with Crippen LogP contribution in [-0.4, -0.2) is 44.6 Å². The van der Waals surface area contributed by atoms with Crippen LogP contribution in [0.25, 0.3) is 0 Å². The number of benzene rings is 1. The number of para-hydroxylation sites is 1. The molecule has 0 aliphatic heterocycles. The van der Waals surface area contributed by atoms with Crippen LogP contribution in [0.2, 0.25) is 0 Å². The number of nitrogens with zero attached hydrogens (tertiary/aromatic N) is 2. The van der Waals surface area contributed by atoms with Gasteiger partial charge in [-0.1, -0.05) is 38.0 Å². The number of carbonyl (C=O) groups is 1. The molecule has 0 unspecified atom stereocenters. The maximum absolute atomic E-state index is 12.9. The second kappa shape index (κ2) is 7.34. The summed E-state index contributed by atoms with van der Waals surface area (Å²) < 4.78 is 25.9. The number of hydrogen-bond acceptors (Lipinski definition) is 3. The van der Waals surface area contributed by atoms with Gasteiger partial charge in [0.1, 0.15) is 6.04 Å². The lowest BCUT2D eigenvalue weighted by Gasteiger charge is -2.35. The summed E-state index contributed by atoms with van der Waals surface area (Å²) in [4.78, 5) is 14.7. The van der Waals surface area contributed by atoms with E-state index in [1.54, 1.807) is 36.2 Å². The molecule has 1 aliphatic rings. The van der Waals surface area contributed by atoms with E-state index in [4.69, 9.17) is 0 Å². The molecule has 2 rings (SSSR count). The SMILES string of the molecule is CC[C@H](C(=O)N(C)C1CCCC1)N(c1ccccc1)S(C)(=O)=O. The van der Waals surface area contributed by atoms with Gasteiger partial charge in [0, 0.05) is 13.1 Å². The summed E-state index contributed by atoms with van der Waals surface area (Å²) in [6.07, 6.45) is 5.87. The second-order valence-corrected chi connectivity index (χ2v) is 8.07. The smallest absolute Gasteiger partial charge is 0.246 e. The Morgan fingerprint density at radius 3 is 2.26 bits per heavy atom. The molecule has 23 heavy (non-hydrogen) atoms. The van der Waals surface area contributed by atoms with E-state index < -0.39 is 16.1 Å². The zero-order valence-corrected chi connectivity index (χ0v) is 14.9. The van der Waals surface area contributed by atoms with Crippen LogP contribution in [-0.2, 0) is 14.8 Å². The van der Waals surface area contributed by atoms with Gasteiger partial charge in [-0.3, -0.25) is 9.10 Å². The lowest BCUT2D eigenvalue weighted by molar-refractivity contribution is -0.133. The summed E-state index contributed by atoms with van der Waals surface area (Å²) in [7, 11) is -1.75. The molecular weight excluding hydrogens is 312 g/mol. The first-order valence-corrected chi connectivity index (χ1v) is 10.0. The third-order valence-corrected chi connectivity index (χ3v) is 5.72. The van der Waals surface area contributed by atoms with Gasteiger partial charge in [0.25, 0.3) is 0 Å². The van der Waals surface area contributed by atoms with Crippen molar-refractivity contribution in [3.8, 4) is 0 Å². The molecule has 5 nitrogen and oxygen atoms in total. The maximum atomic E-state index is 12.9. The van der Waals surface area contributed by atoms with Crippen LogP contribution < -0.4 is 4.31 Å². The van der Waals surface area contributed by atoms with Crippen molar-refractivity contribution >= 4 is 21.6 Å². The molecule has 1 aliphatic carbocycles. The van der Waals surface area contributed by atoms with Crippen LogP contribution in [0, 0.1) is 0 Å². The van der Waals surface area contributed by atoms with Gasteiger partial charge in [0.2, 0.25) is 15.9 Å². The number of amides is 1. The van der Waals surface area contributed by atoms with Crippen LogP contribution in [0.1, 0.15) is 39.0 Å². The van der Waals surface area contributed by atoms with Gasteiger partial charge in [-0.05, 0) is 31.4 Å². The number of carbonyl (C=O) groups excluding carboxylic acids is 1. The van der Waals surface area contributed by atoms with Gasteiger partial charge in [-0.25, -0.2) is 8.42 Å². The highest BCUT2D eigenvalue weighted by Gasteiger charge is 2.35. The topological polar surface area (TPSA) is 57.7 Å². The highest BCUT2D eigenvalue weighted by Crippen LogP contribution is 2.27. The fraction of sp³-hybridized carbons (Fsp3) is 0.588. The van der Waals surface area contributed by atoms with E-state index in [9.17, 15) is 13.2 Å². The van der Waals surface area contributed by atoms with Crippen molar-refractivity contribution < 1.29 is 13.2 Å². The summed E-state index contributed by atoms with van der Waals surface area (Å²) in [5, 5.41) is 0. The van der Waals surface area contributed by atoms with E-state index in [2.05, 4.69) is 0 Å². The summed E-state index contributed by atoms with van der Waals surface area (Å²) in [6, 6.07) is 8.39. The van der Waals surface area contributed by atoms with Crippen molar-refractivity contribution in [1.82, 2.24) is 4.90 Å². The largest absolute Gasteiger partial charge is 0.341 e. The standard InChI is InChI=1S/C17H26N2O3S/c1-4-16(17(20)18(2)14-10-8-9-11-14)19(23(3,21)22)15-12-6-5-7-13-15/h5-7,12-14,16H,4,8-11H2,1-3H3/t16-/m1/s1. The average Bonchev–Trinajstić information content (AvgIpc) is 3.05. The Morgan fingerprint density at radius 1 is 1.22 bits per heavy atom. The maximum Gasteiger partial charge on any atom is 0.246 e. The number of sulfonamides is 1. The summed E-state index contributed by atoms with van der Waals surface area (Å²) in [5.41, 5.74) is 0.537. The summed E-state index contributed by atoms with van der Waals surface area (Å²) in [6.45, 7) is 1.85. The molecule has 1 saturated carbocycles. The second-order valence-electron chi connectivity index (χ2n) is 6.21. The number of hydrogen-bond donors (Lipinski definition) is 0. The third-order valence-electron chi connectivity index (χ3n) is 4.54. The van der Waals surface area contributed by atoms with Gasteiger partial charge in [0.15, 0.2) is 0 Å². The highest BCUT2D eigenvalue weighted by atomic mass is 32.2. The molecule has 0 radical (unpaired) electrons. The fourth-order valence-electron chi connectivity index (χ4n) is 3.32. The molecule has 0 heterocycles. The summed E-state index contributed by atoms with van der Waals surface area (Å²) >= 11 is 0. The van der Waals surface area contributed by atoms with E-state index in [0.29, 0.717) is 12.1 Å². The Labute approximate surface area is 139 Å². The normalized spacial score (nSPS) is 17.0. The monoisotopic (exact) mass is 338 g/mol. The minimum Gasteiger partial charge on any atom is -0.341 e. The van der Waals surface area contributed by atoms with Crippen LogP contribution in [0.4, 0.5) is 5.69 Å². The van der Waals surface area contributed by atoms with E-state index in [0.717, 1.165) is 31.9 Å². The fourth-order valence-corrected chi connectivity index (χ4v) is 4.53. The van der Waals surface area contributed by atoms with E-state index >= 15 is 0 Å². The Morgan fingerprint density at radius 2 is 1.78 bits per heavy atom. The van der Waals surface area contributed by atoms with Gasteiger partial charge in [-0.2, -0.15) is 0 Å². The van der Waals surface area contributed by atoms with Crippen LogP contribution in [0.3, 0.4) is 0 Å². The number of anilines is 1. The lowest BCUT2D eigenvalue weighted by Crippen LogP contribution is -2.51. The highest BCUT2D eigenvalue weighted by molar-refractivity contribution is 7.92. The van der Waals surface area contributed by atoms with Crippen molar-refractivity contribution in [3.63, 3.8) is 0 Å². The van der Waals surface area contributed by atoms with Crippen LogP contribution in [0.15, 0.2) is 30.3 Å². The van der Waals surface area contributed by atoms with Gasteiger partial charge >= 0.3 is 0 Å². The van der Waals surface area contributed by atoms with Crippen LogP contribution in [0.5, 0.6) is 0 Å². The summed E-state index contributed by atoms with van der Waals surface area (Å²) in [5.74, 6) is -0.117. The average molecular weight is 338 g/mol. The van der Waals surface area contributed by atoms with Crippen molar-refractivity contribution in [1.29, 1.82) is 0 Å². The van der Waals surface area contributed by atoms with Crippen molar-refractivity contribution in [2.45, 2.75) is 51.1 Å². The van der Waals surface area contributed by atoms with Crippen LogP contribution >= 0.6 is 0 Å². The molecule has 6 heteroatoms. The zero-order chi connectivity index (χ0) is 17.0. The number of likely N-dealkylation sites (N-methyl/N-ethyl adjacent to an activating group) is 1. The third kappa shape index (κ3) is 4.05. The minimum atomic E-state index is -3.55. The molecule has 1 aromatic carbocycles. The van der Waals surface area contributed by atoms with Gasteiger partial charge < -0.3 is 4.90 Å². The molecule has 0 N–H and O–H groups in total. The Kier molecular flexibility index (Phi) is 5.68. The molecule has 128 valence electrons. The van der Waals surface area contributed by atoms with Crippen molar-refractivity contribution in [3.05, 3.63) is 30.3 Å². The van der Waals surface area contributed by atoms with Crippen molar-refractivity contribution in [2.75, 3.05) is 17.6 Å². The first-order valence-electron chi connectivity index (χ1n) is 8.17. The van der Waals surface area contributed by atoms with Gasteiger partial charge in [0.05, 0.1) is 11.9 Å². The number of rotatable bonds is 6. The Hall–Kier alpha value is -1.56. The Bertz CT molecular complexity index is 624. The van der Waals surface area contributed by atoms with E-state index in [-0.39, 0.29) is 11.9 Å². The quantitative estimate of drug-likeness (QED) is 0.801. The predicted molar refractivity (Wildman–Crippen MR) is 92.9 cm³/mol. The van der Waals surface area contributed by atoms with Crippen molar-refractivity contribution in [2.24, 2.45) is 0 Å². The Balaban J connectivity index is 2.32. The molecular formula is C17H26N2O3S. The molecule has 0 spiro atoms. The zero-order valence-electron chi connectivity index (χ0n) is 14.1. The van der Waals surface area contributed by atoms with Gasteiger partial charge in [-0.15, -0.1) is 0 Å². The minimum absolute atomic E-state index is 0.117. The predicted octanol–water partition coefficient (Wildman–Crippen LogP) is 2.63. The lowest BCUT2D eigenvalue weighted by atomic mass is 10.1. The molecule has 1 atom stereocenters. The van der Waals surface area contributed by atoms with E-state index in [1.165, 1.54) is 4.31 Å². The molecule has 0 saturated heterocycles. The first kappa shape index (κ1) is 17.8. The molecule has 0 bridgehead atoms. The first-order chi connectivity index (χ1) is 10.9. The molecule has 0 aromatic heterocycles. The van der Waals surface area contributed by atoms with E-state index in [1.807, 2.05) is 13.0 Å². The molecule has 1 amide bonds. The molecule has 1 aromatic rings.